The number of aromatic nitrogens is 2. The van der Waals surface area contributed by atoms with Crippen molar-refractivity contribution < 1.29 is 0 Å². The second-order valence-electron chi connectivity index (χ2n) is 6.17. The van der Waals surface area contributed by atoms with Crippen molar-refractivity contribution in [1.29, 1.82) is 0 Å². The molecule has 0 aliphatic carbocycles. The van der Waals surface area contributed by atoms with Gasteiger partial charge in [0.2, 0.25) is 5.95 Å². The van der Waals surface area contributed by atoms with E-state index in [1.165, 1.54) is 15.3 Å². The summed E-state index contributed by atoms with van der Waals surface area (Å²) in [4.78, 5) is 11.3. The van der Waals surface area contributed by atoms with Crippen LogP contribution in [0.2, 0.25) is 0 Å². The predicted octanol–water partition coefficient (Wildman–Crippen LogP) is 5.65. The maximum absolute atomic E-state index is 4.50. The molecule has 0 aliphatic heterocycles. The van der Waals surface area contributed by atoms with Gasteiger partial charge in [-0.1, -0.05) is 41.9 Å². The molecular weight excluding hydrogens is 396 g/mol. The fraction of sp³-hybridized carbons (Fsp3) is 0.263. The lowest BCUT2D eigenvalue weighted by atomic mass is 10.2. The van der Waals surface area contributed by atoms with Gasteiger partial charge in [0.05, 0.1) is 6.54 Å². The molecule has 130 valence electrons. The zero-order valence-electron chi connectivity index (χ0n) is 14.3. The molecule has 0 fully saturated rings. The van der Waals surface area contributed by atoms with Crippen LogP contribution < -0.4 is 10.6 Å². The van der Waals surface area contributed by atoms with Crippen molar-refractivity contribution in [2.75, 3.05) is 17.2 Å². The van der Waals surface area contributed by atoms with Gasteiger partial charge >= 0.3 is 0 Å². The summed E-state index contributed by atoms with van der Waals surface area (Å²) >= 11 is 5.32. The number of hydrogen-bond donors (Lipinski definition) is 2. The van der Waals surface area contributed by atoms with Crippen LogP contribution in [-0.4, -0.2) is 16.5 Å². The molecule has 6 heteroatoms. The number of rotatable bonds is 7. The number of benzene rings is 1. The highest BCUT2D eigenvalue weighted by molar-refractivity contribution is 9.10. The van der Waals surface area contributed by atoms with E-state index in [2.05, 4.69) is 80.7 Å². The topological polar surface area (TPSA) is 49.8 Å². The average molecular weight is 417 g/mol. The third kappa shape index (κ3) is 5.28. The molecule has 0 radical (unpaired) electrons. The first-order chi connectivity index (χ1) is 12.1. The lowest BCUT2D eigenvalue weighted by Crippen LogP contribution is -2.11. The quantitative estimate of drug-likeness (QED) is 0.522. The molecular formula is C19H21BrN4S. The van der Waals surface area contributed by atoms with Gasteiger partial charge < -0.3 is 10.6 Å². The number of hydrogen-bond acceptors (Lipinski definition) is 5. The number of anilines is 2. The van der Waals surface area contributed by atoms with Gasteiger partial charge in [-0.2, -0.15) is 4.98 Å². The summed E-state index contributed by atoms with van der Waals surface area (Å²) in [5.41, 5.74) is 1.23. The lowest BCUT2D eigenvalue weighted by Gasteiger charge is -2.09. The summed E-state index contributed by atoms with van der Waals surface area (Å²) in [6.07, 6.45) is 1.78. The largest absolute Gasteiger partial charge is 0.365 e. The summed E-state index contributed by atoms with van der Waals surface area (Å²) in [5.74, 6) is 2.06. The van der Waals surface area contributed by atoms with Crippen molar-refractivity contribution in [3.8, 4) is 10.4 Å². The smallest absolute Gasteiger partial charge is 0.224 e. The van der Waals surface area contributed by atoms with Crippen LogP contribution in [0.1, 0.15) is 18.7 Å². The van der Waals surface area contributed by atoms with E-state index in [0.29, 0.717) is 11.9 Å². The van der Waals surface area contributed by atoms with Gasteiger partial charge in [0.15, 0.2) is 0 Å². The van der Waals surface area contributed by atoms with Crippen LogP contribution in [0.15, 0.2) is 53.1 Å². The summed E-state index contributed by atoms with van der Waals surface area (Å²) in [7, 11) is 0. The molecule has 0 saturated carbocycles. The molecule has 25 heavy (non-hydrogen) atoms. The fourth-order valence-electron chi connectivity index (χ4n) is 2.29. The molecule has 4 nitrogen and oxygen atoms in total. The SMILES string of the molecule is CC(C)CNc1nccc(NCc2ccc(-c3cccc(Br)c3)s2)n1. The third-order valence-electron chi connectivity index (χ3n) is 3.54. The second kappa shape index (κ2) is 8.45. The Hall–Kier alpha value is -1.92. The third-order valence-corrected chi connectivity index (χ3v) is 5.17. The number of nitrogens with zero attached hydrogens (tertiary/aromatic N) is 2. The van der Waals surface area contributed by atoms with Gasteiger partial charge in [0.25, 0.3) is 0 Å². The van der Waals surface area contributed by atoms with Crippen molar-refractivity contribution >= 4 is 39.0 Å². The Morgan fingerprint density at radius 1 is 1.12 bits per heavy atom. The number of nitrogens with one attached hydrogen (secondary N) is 2. The Kier molecular flexibility index (Phi) is 6.04. The van der Waals surface area contributed by atoms with Crippen LogP contribution >= 0.6 is 27.3 Å². The molecule has 0 spiro atoms. The van der Waals surface area contributed by atoms with E-state index in [4.69, 9.17) is 0 Å². The minimum Gasteiger partial charge on any atom is -0.365 e. The molecule has 2 aromatic heterocycles. The zero-order chi connectivity index (χ0) is 17.6. The van der Waals surface area contributed by atoms with Crippen molar-refractivity contribution in [2.24, 2.45) is 5.92 Å². The Labute approximate surface area is 160 Å². The van der Waals surface area contributed by atoms with E-state index in [9.17, 15) is 0 Å². The highest BCUT2D eigenvalue weighted by Crippen LogP contribution is 2.30. The molecule has 0 amide bonds. The highest BCUT2D eigenvalue weighted by atomic mass is 79.9. The molecule has 2 heterocycles. The van der Waals surface area contributed by atoms with Crippen molar-refractivity contribution in [3.05, 3.63) is 58.0 Å². The van der Waals surface area contributed by atoms with Crippen LogP contribution in [-0.2, 0) is 6.54 Å². The standard InChI is InChI=1S/C19H21BrN4S/c1-13(2)11-23-19-21-9-8-18(24-19)22-12-16-6-7-17(25-16)14-4-3-5-15(20)10-14/h3-10,13H,11-12H2,1-2H3,(H2,21,22,23,24). The van der Waals surface area contributed by atoms with Crippen LogP contribution in [0.3, 0.4) is 0 Å². The summed E-state index contributed by atoms with van der Waals surface area (Å²) < 4.78 is 1.10. The first-order valence-corrected chi connectivity index (χ1v) is 9.86. The molecule has 1 aromatic carbocycles. The molecule has 3 rings (SSSR count). The van der Waals surface area contributed by atoms with E-state index in [1.807, 2.05) is 12.1 Å². The van der Waals surface area contributed by atoms with Crippen LogP contribution in [0.5, 0.6) is 0 Å². The first kappa shape index (κ1) is 17.9. The Balaban J connectivity index is 1.62. The van der Waals surface area contributed by atoms with E-state index >= 15 is 0 Å². The van der Waals surface area contributed by atoms with Crippen LogP contribution in [0.4, 0.5) is 11.8 Å². The van der Waals surface area contributed by atoms with E-state index in [-0.39, 0.29) is 0 Å². The summed E-state index contributed by atoms with van der Waals surface area (Å²) in [6.45, 7) is 5.94. The monoisotopic (exact) mass is 416 g/mol. The minimum absolute atomic E-state index is 0.558. The molecule has 0 unspecified atom stereocenters. The molecule has 3 aromatic rings. The Morgan fingerprint density at radius 2 is 2.00 bits per heavy atom. The summed E-state index contributed by atoms with van der Waals surface area (Å²) in [6, 6.07) is 14.6. The molecule has 0 bridgehead atoms. The van der Waals surface area contributed by atoms with E-state index in [0.717, 1.165) is 23.4 Å². The normalized spacial score (nSPS) is 10.9. The fourth-order valence-corrected chi connectivity index (χ4v) is 3.63. The van der Waals surface area contributed by atoms with E-state index < -0.39 is 0 Å². The first-order valence-electron chi connectivity index (χ1n) is 8.25. The predicted molar refractivity (Wildman–Crippen MR) is 110 cm³/mol. The molecule has 0 saturated heterocycles. The van der Waals surface area contributed by atoms with Gasteiger partial charge in [-0.3, -0.25) is 0 Å². The Morgan fingerprint density at radius 3 is 2.80 bits per heavy atom. The highest BCUT2D eigenvalue weighted by Gasteiger charge is 2.05. The van der Waals surface area contributed by atoms with Crippen molar-refractivity contribution in [1.82, 2.24) is 9.97 Å². The van der Waals surface area contributed by atoms with E-state index in [1.54, 1.807) is 17.5 Å². The van der Waals surface area contributed by atoms with Gasteiger partial charge in [-0.05, 0) is 41.8 Å². The lowest BCUT2D eigenvalue weighted by molar-refractivity contribution is 0.684. The van der Waals surface area contributed by atoms with Crippen LogP contribution in [0.25, 0.3) is 10.4 Å². The maximum atomic E-state index is 4.50. The second-order valence-corrected chi connectivity index (χ2v) is 8.25. The maximum Gasteiger partial charge on any atom is 0.224 e. The van der Waals surface area contributed by atoms with Crippen LogP contribution in [0, 0.1) is 5.92 Å². The summed E-state index contributed by atoms with van der Waals surface area (Å²) in [5, 5.41) is 6.62. The molecule has 2 N–H and O–H groups in total. The van der Waals surface area contributed by atoms with Gasteiger partial charge in [-0.25, -0.2) is 4.98 Å². The Bertz CT molecular complexity index is 832. The van der Waals surface area contributed by atoms with Gasteiger partial charge in [0, 0.05) is 27.0 Å². The number of thiophene rings is 1. The average Bonchev–Trinajstić information content (AvgIpc) is 3.08. The molecule has 0 aliphatic rings. The van der Waals surface area contributed by atoms with Gasteiger partial charge in [-0.15, -0.1) is 11.3 Å². The molecule has 0 atom stereocenters. The zero-order valence-corrected chi connectivity index (χ0v) is 16.7. The minimum atomic E-state index is 0.558. The van der Waals surface area contributed by atoms with Crippen molar-refractivity contribution in [3.63, 3.8) is 0 Å². The van der Waals surface area contributed by atoms with Gasteiger partial charge in [0.1, 0.15) is 5.82 Å². The van der Waals surface area contributed by atoms with Crippen molar-refractivity contribution in [2.45, 2.75) is 20.4 Å². The number of halogens is 1.